The van der Waals surface area contributed by atoms with Crippen molar-refractivity contribution in [3.8, 4) is 0 Å². The normalized spacial score (nSPS) is 17.1. The molecule has 2 amide bonds. The standard InChI is InChI=1S/C21H25N3O2/c1-23(2)21(26)19-9-6-14-24(19)15-16-10-12-17(13-11-16)20(25)22-18-7-4-3-5-8-18/h3-5,7-8,10-13,19H,6,9,14-15H2,1-2H3,(H,22,25). The van der Waals surface area contributed by atoms with Crippen LogP contribution >= 0.6 is 0 Å². The Bertz CT molecular complexity index is 757. The van der Waals surface area contributed by atoms with Crippen LogP contribution in [0.4, 0.5) is 5.69 Å². The topological polar surface area (TPSA) is 52.7 Å². The Balaban J connectivity index is 1.62. The molecule has 0 bridgehead atoms. The van der Waals surface area contributed by atoms with E-state index in [0.717, 1.165) is 37.2 Å². The van der Waals surface area contributed by atoms with Gasteiger partial charge in [-0.05, 0) is 49.2 Å². The zero-order valence-corrected chi connectivity index (χ0v) is 15.3. The van der Waals surface area contributed by atoms with Gasteiger partial charge in [-0.25, -0.2) is 0 Å². The molecule has 2 aromatic rings. The molecule has 0 spiro atoms. The number of likely N-dealkylation sites (tertiary alicyclic amines) is 1. The summed E-state index contributed by atoms with van der Waals surface area (Å²) in [6.45, 7) is 1.66. The smallest absolute Gasteiger partial charge is 0.255 e. The summed E-state index contributed by atoms with van der Waals surface area (Å²) < 4.78 is 0. The van der Waals surface area contributed by atoms with Crippen molar-refractivity contribution in [2.24, 2.45) is 0 Å². The third-order valence-electron chi connectivity index (χ3n) is 4.72. The van der Waals surface area contributed by atoms with Crippen molar-refractivity contribution in [3.63, 3.8) is 0 Å². The zero-order chi connectivity index (χ0) is 18.5. The Labute approximate surface area is 154 Å². The van der Waals surface area contributed by atoms with Gasteiger partial charge in [-0.15, -0.1) is 0 Å². The Morgan fingerprint density at radius 1 is 1.08 bits per heavy atom. The van der Waals surface area contributed by atoms with E-state index in [1.807, 2.05) is 54.6 Å². The van der Waals surface area contributed by atoms with E-state index in [1.165, 1.54) is 0 Å². The molecule has 1 unspecified atom stereocenters. The van der Waals surface area contributed by atoms with Gasteiger partial charge in [0.25, 0.3) is 5.91 Å². The van der Waals surface area contributed by atoms with Crippen LogP contribution in [-0.2, 0) is 11.3 Å². The molecule has 1 heterocycles. The fourth-order valence-corrected chi connectivity index (χ4v) is 3.31. The summed E-state index contributed by atoms with van der Waals surface area (Å²) in [4.78, 5) is 28.5. The molecule has 0 aliphatic carbocycles. The predicted molar refractivity (Wildman–Crippen MR) is 103 cm³/mol. The summed E-state index contributed by atoms with van der Waals surface area (Å²) in [5, 5.41) is 2.89. The average molecular weight is 351 g/mol. The Morgan fingerprint density at radius 3 is 2.42 bits per heavy atom. The monoisotopic (exact) mass is 351 g/mol. The number of benzene rings is 2. The van der Waals surface area contributed by atoms with Gasteiger partial charge in [0.15, 0.2) is 0 Å². The number of anilines is 1. The molecule has 5 nitrogen and oxygen atoms in total. The van der Waals surface area contributed by atoms with Crippen molar-refractivity contribution < 1.29 is 9.59 Å². The third kappa shape index (κ3) is 4.29. The van der Waals surface area contributed by atoms with Crippen molar-refractivity contribution in [1.29, 1.82) is 0 Å². The van der Waals surface area contributed by atoms with Crippen LogP contribution in [0.25, 0.3) is 0 Å². The Hall–Kier alpha value is -2.66. The van der Waals surface area contributed by atoms with Gasteiger partial charge in [-0.3, -0.25) is 14.5 Å². The molecule has 0 saturated carbocycles. The minimum absolute atomic E-state index is 0.0361. The van der Waals surface area contributed by atoms with E-state index in [-0.39, 0.29) is 17.9 Å². The number of carbonyl (C=O) groups excluding carboxylic acids is 2. The van der Waals surface area contributed by atoms with E-state index >= 15 is 0 Å². The zero-order valence-electron chi connectivity index (χ0n) is 15.3. The van der Waals surface area contributed by atoms with Crippen molar-refractivity contribution in [2.45, 2.75) is 25.4 Å². The van der Waals surface area contributed by atoms with Gasteiger partial charge in [-0.2, -0.15) is 0 Å². The van der Waals surface area contributed by atoms with E-state index in [0.29, 0.717) is 5.56 Å². The molecule has 136 valence electrons. The van der Waals surface area contributed by atoms with Crippen molar-refractivity contribution in [1.82, 2.24) is 9.80 Å². The molecule has 1 N–H and O–H groups in total. The molecule has 26 heavy (non-hydrogen) atoms. The number of hydrogen-bond donors (Lipinski definition) is 1. The van der Waals surface area contributed by atoms with Gasteiger partial charge >= 0.3 is 0 Å². The van der Waals surface area contributed by atoms with E-state index in [1.54, 1.807) is 19.0 Å². The molecular weight excluding hydrogens is 326 g/mol. The molecule has 1 aliphatic rings. The molecule has 0 aromatic heterocycles. The molecule has 1 saturated heterocycles. The van der Waals surface area contributed by atoms with Gasteiger partial charge in [-0.1, -0.05) is 30.3 Å². The largest absolute Gasteiger partial charge is 0.347 e. The first kappa shape index (κ1) is 18.1. The summed E-state index contributed by atoms with van der Waals surface area (Å²) in [7, 11) is 3.61. The highest BCUT2D eigenvalue weighted by Crippen LogP contribution is 2.21. The second kappa shape index (κ2) is 8.15. The maximum Gasteiger partial charge on any atom is 0.255 e. The van der Waals surface area contributed by atoms with Crippen LogP contribution in [0.2, 0.25) is 0 Å². The van der Waals surface area contributed by atoms with Crippen molar-refractivity contribution in [3.05, 3.63) is 65.7 Å². The highest BCUT2D eigenvalue weighted by atomic mass is 16.2. The van der Waals surface area contributed by atoms with E-state index < -0.39 is 0 Å². The maximum atomic E-state index is 12.3. The highest BCUT2D eigenvalue weighted by Gasteiger charge is 2.31. The quantitative estimate of drug-likeness (QED) is 0.901. The minimum atomic E-state index is -0.121. The number of likely N-dealkylation sites (N-methyl/N-ethyl adjacent to an activating group) is 1. The third-order valence-corrected chi connectivity index (χ3v) is 4.72. The van der Waals surface area contributed by atoms with Crippen LogP contribution < -0.4 is 5.32 Å². The number of carbonyl (C=O) groups is 2. The van der Waals surface area contributed by atoms with Gasteiger partial charge in [0.1, 0.15) is 0 Å². The lowest BCUT2D eigenvalue weighted by molar-refractivity contribution is -0.133. The van der Waals surface area contributed by atoms with Crippen LogP contribution in [0, 0.1) is 0 Å². The van der Waals surface area contributed by atoms with Crippen molar-refractivity contribution >= 4 is 17.5 Å². The van der Waals surface area contributed by atoms with E-state index in [2.05, 4.69) is 10.2 Å². The van der Waals surface area contributed by atoms with Crippen LogP contribution in [0.3, 0.4) is 0 Å². The predicted octanol–water partition coefficient (Wildman–Crippen LogP) is 2.99. The number of para-hydroxylation sites is 1. The average Bonchev–Trinajstić information content (AvgIpc) is 3.10. The van der Waals surface area contributed by atoms with Crippen molar-refractivity contribution in [2.75, 3.05) is 26.0 Å². The van der Waals surface area contributed by atoms with Gasteiger partial charge in [0, 0.05) is 31.9 Å². The number of rotatable bonds is 5. The molecule has 5 heteroatoms. The van der Waals surface area contributed by atoms with E-state index in [9.17, 15) is 9.59 Å². The summed E-state index contributed by atoms with van der Waals surface area (Å²) in [5.41, 5.74) is 2.52. The second-order valence-corrected chi connectivity index (χ2v) is 6.88. The summed E-state index contributed by atoms with van der Waals surface area (Å²) in [5.74, 6) is 0.0472. The minimum Gasteiger partial charge on any atom is -0.347 e. The van der Waals surface area contributed by atoms with Gasteiger partial charge in [0.05, 0.1) is 6.04 Å². The van der Waals surface area contributed by atoms with Crippen LogP contribution in [0.1, 0.15) is 28.8 Å². The highest BCUT2D eigenvalue weighted by molar-refractivity contribution is 6.04. The van der Waals surface area contributed by atoms with Gasteiger partial charge < -0.3 is 10.2 Å². The summed E-state index contributed by atoms with van der Waals surface area (Å²) in [6.07, 6.45) is 1.95. The molecule has 3 rings (SSSR count). The molecule has 1 aliphatic heterocycles. The fourth-order valence-electron chi connectivity index (χ4n) is 3.31. The Kier molecular flexibility index (Phi) is 5.68. The van der Waals surface area contributed by atoms with Crippen LogP contribution in [0.15, 0.2) is 54.6 Å². The number of hydrogen-bond acceptors (Lipinski definition) is 3. The summed E-state index contributed by atoms with van der Waals surface area (Å²) >= 11 is 0. The molecule has 2 aromatic carbocycles. The SMILES string of the molecule is CN(C)C(=O)C1CCCN1Cc1ccc(C(=O)Nc2ccccc2)cc1. The lowest BCUT2D eigenvalue weighted by atomic mass is 10.1. The van der Waals surface area contributed by atoms with Crippen LogP contribution in [-0.4, -0.2) is 48.3 Å². The second-order valence-electron chi connectivity index (χ2n) is 6.88. The Morgan fingerprint density at radius 2 is 1.77 bits per heavy atom. The fraction of sp³-hybridized carbons (Fsp3) is 0.333. The lowest BCUT2D eigenvalue weighted by Crippen LogP contribution is -2.42. The molecular formula is C21H25N3O2. The molecule has 1 atom stereocenters. The first-order chi connectivity index (χ1) is 12.5. The number of nitrogens with one attached hydrogen (secondary N) is 1. The first-order valence-electron chi connectivity index (χ1n) is 8.95. The maximum absolute atomic E-state index is 12.3. The number of nitrogens with zero attached hydrogens (tertiary/aromatic N) is 2. The van der Waals surface area contributed by atoms with Gasteiger partial charge in [0.2, 0.25) is 5.91 Å². The lowest BCUT2D eigenvalue weighted by Gasteiger charge is -2.26. The number of amides is 2. The first-order valence-corrected chi connectivity index (χ1v) is 8.95. The molecule has 0 radical (unpaired) electrons. The summed E-state index contributed by atoms with van der Waals surface area (Å²) in [6, 6.07) is 17.0. The van der Waals surface area contributed by atoms with Crippen LogP contribution in [0.5, 0.6) is 0 Å². The van der Waals surface area contributed by atoms with E-state index in [4.69, 9.17) is 0 Å². The molecule has 1 fully saturated rings.